The topological polar surface area (TPSA) is 79.9 Å². The van der Waals surface area contributed by atoms with Gasteiger partial charge in [0.15, 0.2) is 5.82 Å². The molecule has 0 unspecified atom stereocenters. The number of halogens is 1. The van der Waals surface area contributed by atoms with Gasteiger partial charge in [0.05, 0.1) is 10.6 Å². The number of carbonyl (C=O) groups excluding carboxylic acids is 1. The van der Waals surface area contributed by atoms with Crippen molar-refractivity contribution in [1.82, 2.24) is 20.5 Å². The first-order valence-electron chi connectivity index (χ1n) is 6.75. The fourth-order valence-corrected chi connectivity index (χ4v) is 2.68. The van der Waals surface area contributed by atoms with E-state index in [-0.39, 0.29) is 17.9 Å². The van der Waals surface area contributed by atoms with Gasteiger partial charge in [-0.05, 0) is 18.6 Å². The molecule has 1 aromatic heterocycles. The van der Waals surface area contributed by atoms with Crippen molar-refractivity contribution in [3.8, 4) is 0 Å². The predicted molar refractivity (Wildman–Crippen MR) is 77.0 cm³/mol. The number of hydrogen-bond acceptors (Lipinski definition) is 4. The van der Waals surface area contributed by atoms with E-state index in [4.69, 9.17) is 16.3 Å². The van der Waals surface area contributed by atoms with E-state index in [1.54, 1.807) is 24.3 Å². The number of amides is 1. The van der Waals surface area contributed by atoms with E-state index in [1.165, 1.54) is 6.33 Å². The number of nitrogens with one attached hydrogen (secondary N) is 2. The van der Waals surface area contributed by atoms with Crippen LogP contribution in [0.3, 0.4) is 0 Å². The van der Waals surface area contributed by atoms with E-state index in [0.717, 1.165) is 6.42 Å². The molecule has 110 valence electrons. The molecular weight excluding hydrogens is 292 g/mol. The van der Waals surface area contributed by atoms with Crippen LogP contribution in [0.25, 0.3) is 0 Å². The Morgan fingerprint density at radius 3 is 3.10 bits per heavy atom. The summed E-state index contributed by atoms with van der Waals surface area (Å²) in [4.78, 5) is 16.3. The number of hydrogen-bond donors (Lipinski definition) is 2. The molecule has 1 aliphatic rings. The van der Waals surface area contributed by atoms with Crippen LogP contribution in [0.15, 0.2) is 30.6 Å². The molecule has 3 rings (SSSR count). The van der Waals surface area contributed by atoms with Gasteiger partial charge in [-0.2, -0.15) is 5.10 Å². The number of ether oxygens (including phenoxy) is 1. The molecule has 2 N–H and O–H groups in total. The number of carbonyl (C=O) groups is 1. The summed E-state index contributed by atoms with van der Waals surface area (Å²) in [6.07, 6.45) is 2.17. The average molecular weight is 307 g/mol. The summed E-state index contributed by atoms with van der Waals surface area (Å²) in [6.45, 7) is 1.16. The summed E-state index contributed by atoms with van der Waals surface area (Å²) in [7, 11) is 0. The van der Waals surface area contributed by atoms with Gasteiger partial charge in [0.1, 0.15) is 12.4 Å². The van der Waals surface area contributed by atoms with Gasteiger partial charge in [0.25, 0.3) is 5.91 Å². The molecular formula is C14H15ClN4O2. The van der Waals surface area contributed by atoms with Crippen LogP contribution in [0, 0.1) is 5.92 Å². The number of rotatable bonds is 4. The highest BCUT2D eigenvalue weighted by atomic mass is 35.5. The van der Waals surface area contributed by atoms with E-state index in [0.29, 0.717) is 29.6 Å². The van der Waals surface area contributed by atoms with Crippen LogP contribution in [-0.2, 0) is 4.74 Å². The average Bonchev–Trinajstić information content (AvgIpc) is 3.16. The Kier molecular flexibility index (Phi) is 4.17. The Hall–Kier alpha value is -1.92. The largest absolute Gasteiger partial charge is 0.370 e. The third-order valence-electron chi connectivity index (χ3n) is 3.56. The standard InChI is InChI=1S/C14H15ClN4O2/c15-11-4-2-1-3-10(11)14(20)16-7-9-5-6-21-12(9)13-17-8-18-19-13/h1-4,8-9,12H,5-7H2,(H,16,20)(H,17,18,19)/t9-,12-/m0/s1. The zero-order valence-corrected chi connectivity index (χ0v) is 12.0. The van der Waals surface area contributed by atoms with Crippen LogP contribution in [0.5, 0.6) is 0 Å². The van der Waals surface area contributed by atoms with Crippen LogP contribution >= 0.6 is 11.6 Å². The minimum absolute atomic E-state index is 0.154. The predicted octanol–water partition coefficient (Wildman–Crippen LogP) is 1.97. The highest BCUT2D eigenvalue weighted by Crippen LogP contribution is 2.31. The summed E-state index contributed by atoms with van der Waals surface area (Å²) in [6, 6.07) is 6.99. The molecule has 2 atom stereocenters. The van der Waals surface area contributed by atoms with Crippen molar-refractivity contribution in [3.63, 3.8) is 0 Å². The van der Waals surface area contributed by atoms with Crippen molar-refractivity contribution in [3.05, 3.63) is 47.0 Å². The van der Waals surface area contributed by atoms with Crippen molar-refractivity contribution < 1.29 is 9.53 Å². The van der Waals surface area contributed by atoms with Crippen molar-refractivity contribution in [2.24, 2.45) is 5.92 Å². The van der Waals surface area contributed by atoms with Crippen LogP contribution in [0.1, 0.15) is 28.7 Å². The third-order valence-corrected chi connectivity index (χ3v) is 3.89. The summed E-state index contributed by atoms with van der Waals surface area (Å²) in [5.41, 5.74) is 0.481. The van der Waals surface area contributed by atoms with Gasteiger partial charge in [0, 0.05) is 19.1 Å². The number of aromatic amines is 1. The van der Waals surface area contributed by atoms with Gasteiger partial charge in [-0.1, -0.05) is 23.7 Å². The van der Waals surface area contributed by atoms with Crippen molar-refractivity contribution >= 4 is 17.5 Å². The van der Waals surface area contributed by atoms with E-state index in [1.807, 2.05) is 0 Å². The smallest absolute Gasteiger partial charge is 0.252 e. The lowest BCUT2D eigenvalue weighted by atomic mass is 10.0. The Balaban J connectivity index is 1.62. The maximum Gasteiger partial charge on any atom is 0.252 e. The fraction of sp³-hybridized carbons (Fsp3) is 0.357. The Morgan fingerprint density at radius 2 is 2.33 bits per heavy atom. The summed E-state index contributed by atoms with van der Waals surface area (Å²) in [5.74, 6) is 0.692. The van der Waals surface area contributed by atoms with Gasteiger partial charge >= 0.3 is 0 Å². The van der Waals surface area contributed by atoms with Crippen molar-refractivity contribution in [2.75, 3.05) is 13.2 Å². The Labute approximate surface area is 126 Å². The second-order valence-corrected chi connectivity index (χ2v) is 5.31. The normalized spacial score (nSPS) is 21.4. The Morgan fingerprint density at radius 1 is 1.48 bits per heavy atom. The third kappa shape index (κ3) is 3.06. The molecule has 0 aliphatic carbocycles. The zero-order chi connectivity index (χ0) is 14.7. The summed E-state index contributed by atoms with van der Waals surface area (Å²) < 4.78 is 5.66. The molecule has 6 nitrogen and oxygen atoms in total. The number of H-pyrrole nitrogens is 1. The van der Waals surface area contributed by atoms with Gasteiger partial charge in [-0.15, -0.1) is 0 Å². The molecule has 21 heavy (non-hydrogen) atoms. The second-order valence-electron chi connectivity index (χ2n) is 4.90. The lowest BCUT2D eigenvalue weighted by Crippen LogP contribution is -2.31. The van der Waals surface area contributed by atoms with E-state index < -0.39 is 0 Å². The highest BCUT2D eigenvalue weighted by molar-refractivity contribution is 6.33. The van der Waals surface area contributed by atoms with Gasteiger partial charge < -0.3 is 10.1 Å². The second kappa shape index (κ2) is 6.24. The quantitative estimate of drug-likeness (QED) is 0.905. The Bertz CT molecular complexity index is 617. The molecule has 0 bridgehead atoms. The van der Waals surface area contributed by atoms with Gasteiger partial charge in [-0.3, -0.25) is 9.89 Å². The highest BCUT2D eigenvalue weighted by Gasteiger charge is 2.32. The lowest BCUT2D eigenvalue weighted by molar-refractivity contribution is 0.0799. The molecule has 1 fully saturated rings. The molecule has 1 aliphatic heterocycles. The summed E-state index contributed by atoms with van der Waals surface area (Å²) >= 11 is 6.02. The van der Waals surface area contributed by atoms with E-state index in [2.05, 4.69) is 20.5 Å². The lowest BCUT2D eigenvalue weighted by Gasteiger charge is -2.17. The van der Waals surface area contributed by atoms with Crippen LogP contribution in [-0.4, -0.2) is 34.2 Å². The number of nitrogens with zero attached hydrogens (tertiary/aromatic N) is 2. The maximum absolute atomic E-state index is 12.1. The molecule has 1 amide bonds. The van der Waals surface area contributed by atoms with Gasteiger partial charge in [-0.25, -0.2) is 4.98 Å². The van der Waals surface area contributed by atoms with Crippen LogP contribution in [0.2, 0.25) is 5.02 Å². The van der Waals surface area contributed by atoms with E-state index in [9.17, 15) is 4.79 Å². The molecule has 1 saturated heterocycles. The monoisotopic (exact) mass is 306 g/mol. The van der Waals surface area contributed by atoms with Crippen molar-refractivity contribution in [2.45, 2.75) is 12.5 Å². The molecule has 0 spiro atoms. The molecule has 0 saturated carbocycles. The van der Waals surface area contributed by atoms with E-state index >= 15 is 0 Å². The molecule has 1 aromatic carbocycles. The summed E-state index contributed by atoms with van der Waals surface area (Å²) in [5, 5.41) is 10.0. The molecule has 0 radical (unpaired) electrons. The first-order valence-corrected chi connectivity index (χ1v) is 7.13. The zero-order valence-electron chi connectivity index (χ0n) is 11.3. The fourth-order valence-electron chi connectivity index (χ4n) is 2.46. The van der Waals surface area contributed by atoms with Crippen molar-refractivity contribution in [1.29, 1.82) is 0 Å². The maximum atomic E-state index is 12.1. The number of benzene rings is 1. The molecule has 7 heteroatoms. The van der Waals surface area contributed by atoms with Gasteiger partial charge in [0.2, 0.25) is 0 Å². The molecule has 2 aromatic rings. The minimum atomic E-state index is -0.177. The first-order chi connectivity index (χ1) is 10.3. The van der Waals surface area contributed by atoms with Crippen LogP contribution in [0.4, 0.5) is 0 Å². The van der Waals surface area contributed by atoms with Crippen LogP contribution < -0.4 is 5.32 Å². The number of aromatic nitrogens is 3. The minimum Gasteiger partial charge on any atom is -0.370 e. The SMILES string of the molecule is O=C(NC[C@@H]1CCO[C@@H]1c1ncn[nH]1)c1ccccc1Cl. The molecule has 2 heterocycles. The first kappa shape index (κ1) is 14.0.